The molecule has 2 N–H and O–H groups in total. The van der Waals surface area contributed by atoms with Crippen molar-refractivity contribution in [3.05, 3.63) is 48.0 Å². The molecule has 0 bridgehead atoms. The third kappa shape index (κ3) is 6.18. The third-order valence-electron chi connectivity index (χ3n) is 2.66. The molecule has 4 nitrogen and oxygen atoms in total. The summed E-state index contributed by atoms with van der Waals surface area (Å²) in [4.78, 5) is 11.4. The summed E-state index contributed by atoms with van der Waals surface area (Å²) < 4.78 is 5.39. The van der Waals surface area contributed by atoms with Crippen molar-refractivity contribution in [1.82, 2.24) is 10.6 Å². The fraction of sp³-hybridized carbons (Fsp3) is 0.400. The van der Waals surface area contributed by atoms with Gasteiger partial charge in [0.2, 0.25) is 0 Å². The lowest BCUT2D eigenvalue weighted by Gasteiger charge is -2.06. The molecule has 0 spiro atoms. The highest BCUT2D eigenvalue weighted by atomic mass is 16.5. The highest BCUT2D eigenvalue weighted by Gasteiger charge is 2.01. The van der Waals surface area contributed by atoms with Crippen LogP contribution in [0.25, 0.3) is 0 Å². The molecule has 4 heteroatoms. The van der Waals surface area contributed by atoms with Crippen molar-refractivity contribution in [2.45, 2.75) is 13.0 Å². The summed E-state index contributed by atoms with van der Waals surface area (Å²) in [5.74, 6) is -0.0601. The van der Waals surface area contributed by atoms with Crippen LogP contribution in [-0.4, -0.2) is 32.7 Å². The molecular formula is C15H22N2O2. The van der Waals surface area contributed by atoms with Gasteiger partial charge in [-0.25, -0.2) is 0 Å². The lowest BCUT2D eigenvalue weighted by Crippen LogP contribution is -2.20. The summed E-state index contributed by atoms with van der Waals surface area (Å²) in [6.45, 7) is 6.65. The second-order valence-corrected chi connectivity index (χ2v) is 4.14. The highest BCUT2D eigenvalue weighted by molar-refractivity contribution is 5.93. The minimum absolute atomic E-state index is 0.0601. The van der Waals surface area contributed by atoms with Gasteiger partial charge in [-0.15, -0.1) is 6.58 Å². The predicted molar refractivity (Wildman–Crippen MR) is 77.2 cm³/mol. The lowest BCUT2D eigenvalue weighted by atomic mass is 10.1. The van der Waals surface area contributed by atoms with Crippen molar-refractivity contribution in [3.63, 3.8) is 0 Å². The number of hydrogen-bond donors (Lipinski definition) is 2. The molecule has 0 saturated heterocycles. The minimum atomic E-state index is -0.0601. The molecule has 0 aliphatic heterocycles. The van der Waals surface area contributed by atoms with Crippen molar-refractivity contribution in [1.29, 1.82) is 0 Å². The second-order valence-electron chi connectivity index (χ2n) is 4.14. The summed E-state index contributed by atoms with van der Waals surface area (Å²) in [7, 11) is 1.63. The van der Waals surface area contributed by atoms with Gasteiger partial charge in [-0.1, -0.05) is 18.2 Å². The Morgan fingerprint density at radius 1 is 1.32 bits per heavy atom. The van der Waals surface area contributed by atoms with Crippen molar-refractivity contribution >= 4 is 5.91 Å². The van der Waals surface area contributed by atoms with Crippen LogP contribution in [-0.2, 0) is 11.3 Å². The summed E-state index contributed by atoms with van der Waals surface area (Å²) in [6, 6.07) is 7.57. The van der Waals surface area contributed by atoms with Gasteiger partial charge in [0, 0.05) is 25.7 Å². The van der Waals surface area contributed by atoms with E-state index in [1.165, 1.54) is 0 Å². The van der Waals surface area contributed by atoms with Crippen molar-refractivity contribution in [2.75, 3.05) is 26.8 Å². The standard InChI is InChI=1S/C15H22N2O2/c1-3-4-10-19-11-9-17-12-13-5-7-14(8-6-13)15(18)16-2/h3,5-8,17H,1,4,9-12H2,2H3,(H,16,18). The molecule has 0 aliphatic carbocycles. The highest BCUT2D eigenvalue weighted by Crippen LogP contribution is 2.03. The molecule has 0 saturated carbocycles. The van der Waals surface area contributed by atoms with E-state index in [9.17, 15) is 4.79 Å². The van der Waals surface area contributed by atoms with Crippen LogP contribution in [0.3, 0.4) is 0 Å². The van der Waals surface area contributed by atoms with E-state index in [1.54, 1.807) is 7.05 Å². The van der Waals surface area contributed by atoms with Crippen LogP contribution in [0.1, 0.15) is 22.3 Å². The summed E-state index contributed by atoms with van der Waals surface area (Å²) in [6.07, 6.45) is 2.74. The maximum atomic E-state index is 11.4. The van der Waals surface area contributed by atoms with Gasteiger partial charge in [-0.3, -0.25) is 4.79 Å². The Labute approximate surface area is 114 Å². The predicted octanol–water partition coefficient (Wildman–Crippen LogP) is 1.73. The molecule has 0 radical (unpaired) electrons. The molecule has 0 fully saturated rings. The number of rotatable bonds is 9. The molecule has 104 valence electrons. The van der Waals surface area contributed by atoms with Gasteiger partial charge in [0.25, 0.3) is 5.91 Å². The number of ether oxygens (including phenoxy) is 1. The summed E-state index contributed by atoms with van der Waals surface area (Å²) in [5.41, 5.74) is 1.83. The van der Waals surface area contributed by atoms with Gasteiger partial charge >= 0.3 is 0 Å². The first-order valence-electron chi connectivity index (χ1n) is 6.48. The maximum Gasteiger partial charge on any atom is 0.251 e. The average molecular weight is 262 g/mol. The first-order valence-corrected chi connectivity index (χ1v) is 6.48. The first kappa shape index (κ1) is 15.4. The van der Waals surface area contributed by atoms with Gasteiger partial charge < -0.3 is 15.4 Å². The van der Waals surface area contributed by atoms with E-state index in [0.717, 1.165) is 31.7 Å². The number of carbonyl (C=O) groups excluding carboxylic acids is 1. The molecule has 1 amide bonds. The SMILES string of the molecule is C=CCCOCCNCc1ccc(C(=O)NC)cc1. The van der Waals surface area contributed by atoms with Crippen LogP contribution in [0, 0.1) is 0 Å². The summed E-state index contributed by atoms with van der Waals surface area (Å²) in [5, 5.41) is 5.89. The van der Waals surface area contributed by atoms with Gasteiger partial charge in [-0.05, 0) is 24.1 Å². The van der Waals surface area contributed by atoms with Crippen molar-refractivity contribution in [2.24, 2.45) is 0 Å². The number of benzene rings is 1. The topological polar surface area (TPSA) is 50.4 Å². The van der Waals surface area contributed by atoms with E-state index in [4.69, 9.17) is 4.74 Å². The fourth-order valence-corrected chi connectivity index (χ4v) is 1.56. The second kappa shape index (κ2) is 9.30. The zero-order valence-corrected chi connectivity index (χ0v) is 11.4. The van der Waals surface area contributed by atoms with Crippen molar-refractivity contribution < 1.29 is 9.53 Å². The van der Waals surface area contributed by atoms with E-state index in [-0.39, 0.29) is 5.91 Å². The van der Waals surface area contributed by atoms with Crippen LogP contribution >= 0.6 is 0 Å². The molecule has 1 rings (SSSR count). The molecule has 0 aromatic heterocycles. The number of nitrogens with one attached hydrogen (secondary N) is 2. The van der Waals surface area contributed by atoms with Gasteiger partial charge in [-0.2, -0.15) is 0 Å². The molecule has 1 aromatic rings. The number of hydrogen-bond acceptors (Lipinski definition) is 3. The zero-order valence-electron chi connectivity index (χ0n) is 11.4. The van der Waals surface area contributed by atoms with Gasteiger partial charge in [0.15, 0.2) is 0 Å². The molecule has 0 aliphatic rings. The van der Waals surface area contributed by atoms with Gasteiger partial charge in [0.1, 0.15) is 0 Å². The van der Waals surface area contributed by atoms with E-state index in [1.807, 2.05) is 30.3 Å². The van der Waals surface area contributed by atoms with Crippen LogP contribution < -0.4 is 10.6 Å². The molecule has 0 unspecified atom stereocenters. The third-order valence-corrected chi connectivity index (χ3v) is 2.66. The summed E-state index contributed by atoms with van der Waals surface area (Å²) >= 11 is 0. The normalized spacial score (nSPS) is 10.2. The number of carbonyl (C=O) groups is 1. The molecule has 0 heterocycles. The average Bonchev–Trinajstić information content (AvgIpc) is 2.46. The Morgan fingerprint density at radius 2 is 2.05 bits per heavy atom. The molecular weight excluding hydrogens is 240 g/mol. The molecule has 19 heavy (non-hydrogen) atoms. The Morgan fingerprint density at radius 3 is 2.68 bits per heavy atom. The smallest absolute Gasteiger partial charge is 0.251 e. The van der Waals surface area contributed by atoms with Crippen LogP contribution in [0.4, 0.5) is 0 Å². The Kier molecular flexibility index (Phi) is 7.54. The van der Waals surface area contributed by atoms with E-state index in [0.29, 0.717) is 12.2 Å². The maximum absolute atomic E-state index is 11.4. The van der Waals surface area contributed by atoms with Crippen LogP contribution in [0.2, 0.25) is 0 Å². The Hall–Kier alpha value is -1.65. The van der Waals surface area contributed by atoms with E-state index in [2.05, 4.69) is 17.2 Å². The van der Waals surface area contributed by atoms with Crippen molar-refractivity contribution in [3.8, 4) is 0 Å². The minimum Gasteiger partial charge on any atom is -0.380 e. The van der Waals surface area contributed by atoms with E-state index >= 15 is 0 Å². The monoisotopic (exact) mass is 262 g/mol. The Balaban J connectivity index is 2.19. The first-order chi connectivity index (χ1) is 9.27. The van der Waals surface area contributed by atoms with Gasteiger partial charge in [0.05, 0.1) is 13.2 Å². The number of amides is 1. The quantitative estimate of drug-likeness (QED) is 0.526. The molecule has 0 atom stereocenters. The van der Waals surface area contributed by atoms with Crippen LogP contribution in [0.5, 0.6) is 0 Å². The van der Waals surface area contributed by atoms with Crippen LogP contribution in [0.15, 0.2) is 36.9 Å². The fourth-order valence-electron chi connectivity index (χ4n) is 1.56. The lowest BCUT2D eigenvalue weighted by molar-refractivity contribution is 0.0963. The zero-order chi connectivity index (χ0) is 13.9. The largest absolute Gasteiger partial charge is 0.380 e. The van der Waals surface area contributed by atoms with E-state index < -0.39 is 0 Å². The Bertz CT molecular complexity index is 388. The molecule has 1 aromatic carbocycles.